The molecule has 4 aliphatic rings. The molecular weight excluding hydrogens is 388 g/mol. The van der Waals surface area contributed by atoms with E-state index in [1.807, 2.05) is 0 Å². The van der Waals surface area contributed by atoms with Crippen LogP contribution in [0.3, 0.4) is 0 Å². The van der Waals surface area contributed by atoms with Crippen molar-refractivity contribution in [2.75, 3.05) is 0 Å². The molecule has 4 aliphatic carbocycles. The second-order valence-corrected chi connectivity index (χ2v) is 13.2. The van der Waals surface area contributed by atoms with E-state index >= 15 is 0 Å². The average Bonchev–Trinajstić information content (AvgIpc) is 3.04. The Bertz CT molecular complexity index is 682. The maximum absolute atomic E-state index is 13.3. The zero-order chi connectivity index (χ0) is 21.8. The molecule has 0 heterocycles. The van der Waals surface area contributed by atoms with Gasteiger partial charge in [0.05, 0.1) is 0 Å². The van der Waals surface area contributed by atoms with Crippen molar-refractivity contribution in [3.63, 3.8) is 0 Å². The topological polar surface area (TPSA) is 17.1 Å². The number of ketones is 1. The molecule has 0 amide bonds. The lowest BCUT2D eigenvalue weighted by Crippen LogP contribution is -2.56. The summed E-state index contributed by atoms with van der Waals surface area (Å²) in [6.07, 6.45) is 14.4. The van der Waals surface area contributed by atoms with Crippen molar-refractivity contribution in [3.05, 3.63) is 12.2 Å². The Hall–Kier alpha value is -0.300. The molecule has 0 aliphatic heterocycles. The van der Waals surface area contributed by atoms with Gasteiger partial charge in [0.2, 0.25) is 0 Å². The zero-order valence-corrected chi connectivity index (χ0v) is 21.0. The highest BCUT2D eigenvalue weighted by atomic mass is 35.5. The predicted molar refractivity (Wildman–Crippen MR) is 128 cm³/mol. The maximum Gasteiger partial charge on any atom is 0.136 e. The summed E-state index contributed by atoms with van der Waals surface area (Å²) >= 11 is 6.52. The molecule has 0 aromatic carbocycles. The Kier molecular flexibility index (Phi) is 6.28. The van der Waals surface area contributed by atoms with Crippen molar-refractivity contribution in [3.8, 4) is 0 Å². The number of hydrogen-bond acceptors (Lipinski definition) is 1. The molecule has 0 N–H and O–H groups in total. The fourth-order valence-electron chi connectivity index (χ4n) is 8.60. The van der Waals surface area contributed by atoms with E-state index in [4.69, 9.17) is 11.6 Å². The minimum absolute atomic E-state index is 0.211. The summed E-state index contributed by atoms with van der Waals surface area (Å²) in [5, 5.41) is 0.217. The third-order valence-electron chi connectivity index (χ3n) is 10.9. The van der Waals surface area contributed by atoms with Crippen LogP contribution < -0.4 is 0 Å². The van der Waals surface area contributed by atoms with Gasteiger partial charge in [0.1, 0.15) is 5.78 Å². The van der Waals surface area contributed by atoms with Gasteiger partial charge in [0.25, 0.3) is 0 Å². The number of carbonyl (C=O) groups is 1. The first kappa shape index (κ1) is 22.9. The van der Waals surface area contributed by atoms with Gasteiger partial charge in [0.15, 0.2) is 0 Å². The van der Waals surface area contributed by atoms with Crippen LogP contribution in [0.5, 0.6) is 0 Å². The van der Waals surface area contributed by atoms with Crippen molar-refractivity contribution < 1.29 is 4.79 Å². The number of halogens is 1. The predicted octanol–water partition coefficient (Wildman–Crippen LogP) is 7.92. The number of alkyl halides is 1. The minimum atomic E-state index is 0.211. The largest absolute Gasteiger partial charge is 0.299 e. The highest BCUT2D eigenvalue weighted by Gasteiger charge is 2.62. The third kappa shape index (κ3) is 3.64. The quantitative estimate of drug-likeness (QED) is 0.325. The van der Waals surface area contributed by atoms with Gasteiger partial charge in [-0.25, -0.2) is 0 Å². The molecular formula is C28H45ClO. The highest BCUT2D eigenvalue weighted by molar-refractivity contribution is 6.20. The molecule has 0 aromatic heterocycles. The molecule has 10 atom stereocenters. The molecule has 0 saturated heterocycles. The first-order chi connectivity index (χ1) is 14.1. The first-order valence-corrected chi connectivity index (χ1v) is 13.4. The fourth-order valence-corrected chi connectivity index (χ4v) is 8.89. The summed E-state index contributed by atoms with van der Waals surface area (Å²) in [5.41, 5.74) is 0.627. The molecule has 4 rings (SSSR count). The van der Waals surface area contributed by atoms with E-state index < -0.39 is 0 Å². The molecule has 0 unspecified atom stereocenters. The van der Waals surface area contributed by atoms with E-state index in [2.05, 4.69) is 53.7 Å². The average molecular weight is 433 g/mol. The smallest absolute Gasteiger partial charge is 0.136 e. The minimum Gasteiger partial charge on any atom is -0.299 e. The molecule has 170 valence electrons. The lowest BCUT2D eigenvalue weighted by molar-refractivity contribution is -0.153. The van der Waals surface area contributed by atoms with Gasteiger partial charge in [0, 0.05) is 17.7 Å². The Morgan fingerprint density at radius 3 is 2.30 bits per heavy atom. The van der Waals surface area contributed by atoms with E-state index in [0.717, 1.165) is 43.4 Å². The Balaban J connectivity index is 1.54. The summed E-state index contributed by atoms with van der Waals surface area (Å²) in [5.74, 6) is 5.68. The van der Waals surface area contributed by atoms with Gasteiger partial charge in [-0.05, 0) is 97.2 Å². The first-order valence-electron chi connectivity index (χ1n) is 12.9. The standard InChI is InChI=1S/C28H45ClO/c1-17(2)18(3)7-8-19(4)22-9-10-23-21-16-26(30)25-15-20(29)11-13-28(25,6)24(21)12-14-27(22,23)5/h7-8,17-25H,9-16H2,1-6H3/b8-7+/t18-,19-,20-,21-,22+,23-,24-,25+,27+,28+/m0/s1. The molecule has 0 aromatic rings. The lowest BCUT2D eigenvalue weighted by Gasteiger charge is -2.60. The van der Waals surface area contributed by atoms with Crippen LogP contribution in [-0.2, 0) is 4.79 Å². The van der Waals surface area contributed by atoms with E-state index in [1.165, 1.54) is 25.7 Å². The second kappa shape index (κ2) is 8.24. The van der Waals surface area contributed by atoms with Crippen molar-refractivity contribution in [1.82, 2.24) is 0 Å². The van der Waals surface area contributed by atoms with Crippen molar-refractivity contribution >= 4 is 17.4 Å². The van der Waals surface area contributed by atoms with Gasteiger partial charge < -0.3 is 0 Å². The Morgan fingerprint density at radius 1 is 0.933 bits per heavy atom. The van der Waals surface area contributed by atoms with Gasteiger partial charge >= 0.3 is 0 Å². The van der Waals surface area contributed by atoms with E-state index in [0.29, 0.717) is 34.9 Å². The number of allylic oxidation sites excluding steroid dienone is 2. The van der Waals surface area contributed by atoms with E-state index in [-0.39, 0.29) is 16.7 Å². The van der Waals surface area contributed by atoms with Gasteiger partial charge in [-0.1, -0.05) is 53.7 Å². The van der Waals surface area contributed by atoms with Crippen LogP contribution in [0.4, 0.5) is 0 Å². The summed E-state index contributed by atoms with van der Waals surface area (Å²) < 4.78 is 0. The Labute approximate surface area is 190 Å². The monoisotopic (exact) mass is 432 g/mol. The molecule has 0 radical (unpaired) electrons. The summed E-state index contributed by atoms with van der Waals surface area (Å²) in [4.78, 5) is 13.3. The molecule has 1 nitrogen and oxygen atoms in total. The van der Waals surface area contributed by atoms with Crippen LogP contribution in [0.25, 0.3) is 0 Å². The summed E-state index contributed by atoms with van der Waals surface area (Å²) in [7, 11) is 0. The summed E-state index contributed by atoms with van der Waals surface area (Å²) in [6.45, 7) is 14.5. The van der Waals surface area contributed by atoms with Crippen LogP contribution in [0.2, 0.25) is 0 Å². The van der Waals surface area contributed by atoms with Gasteiger partial charge in [-0.3, -0.25) is 4.79 Å². The second-order valence-electron chi connectivity index (χ2n) is 12.6. The van der Waals surface area contributed by atoms with Crippen LogP contribution in [0.15, 0.2) is 12.2 Å². The molecule has 30 heavy (non-hydrogen) atoms. The highest BCUT2D eigenvalue weighted by Crippen LogP contribution is 2.67. The molecule has 0 bridgehead atoms. The van der Waals surface area contributed by atoms with E-state index in [9.17, 15) is 4.79 Å². The molecule has 4 fully saturated rings. The van der Waals surface area contributed by atoms with Crippen LogP contribution in [-0.4, -0.2) is 11.2 Å². The number of carbonyl (C=O) groups excluding carboxylic acids is 1. The molecule has 4 saturated carbocycles. The van der Waals surface area contributed by atoms with Crippen molar-refractivity contribution in [1.29, 1.82) is 0 Å². The number of Topliss-reactive ketones (excluding diaryl/α,β-unsaturated/α-hetero) is 1. The fraction of sp³-hybridized carbons (Fsp3) is 0.893. The van der Waals surface area contributed by atoms with Crippen LogP contribution in [0.1, 0.15) is 92.9 Å². The number of rotatable bonds is 4. The zero-order valence-electron chi connectivity index (χ0n) is 20.3. The van der Waals surface area contributed by atoms with E-state index in [1.54, 1.807) is 0 Å². The third-order valence-corrected chi connectivity index (χ3v) is 11.3. The number of fused-ring (bicyclic) bond motifs is 5. The van der Waals surface area contributed by atoms with Crippen LogP contribution in [0, 0.1) is 58.2 Å². The van der Waals surface area contributed by atoms with Crippen molar-refractivity contribution in [2.24, 2.45) is 58.2 Å². The lowest BCUT2D eigenvalue weighted by atomic mass is 9.44. The molecule has 0 spiro atoms. The van der Waals surface area contributed by atoms with Crippen LogP contribution >= 0.6 is 11.6 Å². The van der Waals surface area contributed by atoms with Gasteiger partial charge in [-0.2, -0.15) is 0 Å². The number of hydrogen-bond donors (Lipinski definition) is 0. The normalized spacial score (nSPS) is 48.3. The molecule has 2 heteroatoms. The van der Waals surface area contributed by atoms with Gasteiger partial charge in [-0.15, -0.1) is 11.6 Å². The van der Waals surface area contributed by atoms with Crippen molar-refractivity contribution in [2.45, 2.75) is 98.3 Å². The SMILES string of the molecule is CC(C)[C@@H](C)/C=C/[C@H](C)[C@H]1CC[C@H]2[C@@H]3CC(=O)[C@H]4C[C@@H](Cl)CC[C@]4(C)[C@H]3CC[C@]12C. The Morgan fingerprint density at radius 2 is 1.60 bits per heavy atom. The maximum atomic E-state index is 13.3. The summed E-state index contributed by atoms with van der Waals surface area (Å²) in [6, 6.07) is 0.